The molecule has 0 amide bonds. The van der Waals surface area contributed by atoms with Gasteiger partial charge < -0.3 is 14.6 Å². The van der Waals surface area contributed by atoms with Crippen LogP contribution in [0.15, 0.2) is 16.0 Å². The van der Waals surface area contributed by atoms with Gasteiger partial charge in [0, 0.05) is 11.4 Å². The van der Waals surface area contributed by atoms with Gasteiger partial charge in [-0.2, -0.15) is 0 Å². The second-order valence-electron chi connectivity index (χ2n) is 3.91. The van der Waals surface area contributed by atoms with E-state index in [-0.39, 0.29) is 12.4 Å². The first-order valence-corrected chi connectivity index (χ1v) is 6.81. The average molecular weight is 281 g/mol. The van der Waals surface area contributed by atoms with Crippen LogP contribution in [-0.2, 0) is 22.5 Å². The number of carbonyl (C=O) groups is 1. The Balaban J connectivity index is 1.85. The van der Waals surface area contributed by atoms with Crippen molar-refractivity contribution in [1.82, 2.24) is 10.1 Å². The van der Waals surface area contributed by atoms with Crippen LogP contribution in [0.2, 0.25) is 0 Å². The number of nitrogens with one attached hydrogen (secondary N) is 1. The van der Waals surface area contributed by atoms with Gasteiger partial charge in [0.1, 0.15) is 11.5 Å². The Morgan fingerprint density at radius 3 is 3.05 bits per heavy atom. The third-order valence-corrected chi connectivity index (χ3v) is 3.13. The predicted molar refractivity (Wildman–Crippen MR) is 71.0 cm³/mol. The number of thiazole rings is 1. The molecule has 2 heterocycles. The summed E-state index contributed by atoms with van der Waals surface area (Å²) in [6, 6.07) is 1.86. The summed E-state index contributed by atoms with van der Waals surface area (Å²) in [5, 5.41) is 9.60. The molecule has 19 heavy (non-hydrogen) atoms. The van der Waals surface area contributed by atoms with Gasteiger partial charge in [0.15, 0.2) is 5.13 Å². The quantitative estimate of drug-likeness (QED) is 0.818. The smallest absolute Gasteiger partial charge is 0.311 e. The normalized spacial score (nSPS) is 10.4. The average Bonchev–Trinajstić information content (AvgIpc) is 2.96. The van der Waals surface area contributed by atoms with E-state index in [0.717, 1.165) is 16.6 Å². The first kappa shape index (κ1) is 13.5. The number of hydrogen-bond acceptors (Lipinski definition) is 7. The van der Waals surface area contributed by atoms with Crippen molar-refractivity contribution in [2.24, 2.45) is 0 Å². The Bertz CT molecular complexity index is 550. The fourth-order valence-corrected chi connectivity index (χ4v) is 2.21. The van der Waals surface area contributed by atoms with E-state index in [0.29, 0.717) is 18.8 Å². The van der Waals surface area contributed by atoms with Gasteiger partial charge in [-0.25, -0.2) is 4.98 Å². The summed E-state index contributed by atoms with van der Waals surface area (Å²) in [7, 11) is 0. The molecule has 0 aromatic carbocycles. The molecular weight excluding hydrogens is 266 g/mol. The molecule has 2 rings (SSSR count). The lowest BCUT2D eigenvalue weighted by Crippen LogP contribution is -2.07. The van der Waals surface area contributed by atoms with E-state index in [2.05, 4.69) is 15.5 Å². The van der Waals surface area contributed by atoms with Gasteiger partial charge >= 0.3 is 5.97 Å². The highest BCUT2D eigenvalue weighted by molar-refractivity contribution is 7.13. The second kappa shape index (κ2) is 6.33. The van der Waals surface area contributed by atoms with Crippen molar-refractivity contribution in [3.63, 3.8) is 0 Å². The highest BCUT2D eigenvalue weighted by atomic mass is 32.1. The summed E-state index contributed by atoms with van der Waals surface area (Å²) in [4.78, 5) is 15.6. The fraction of sp³-hybridized carbons (Fsp3) is 0.417. The number of aromatic nitrogens is 2. The number of anilines is 1. The van der Waals surface area contributed by atoms with E-state index in [1.165, 1.54) is 11.3 Å². The van der Waals surface area contributed by atoms with Crippen LogP contribution in [0.1, 0.15) is 24.1 Å². The van der Waals surface area contributed by atoms with Crippen LogP contribution < -0.4 is 5.32 Å². The third-order valence-electron chi connectivity index (χ3n) is 2.28. The number of aryl methyl sites for hydroxylation is 1. The number of rotatable bonds is 6. The van der Waals surface area contributed by atoms with Gasteiger partial charge in [0.25, 0.3) is 0 Å². The number of hydrogen-bond donors (Lipinski definition) is 1. The largest absolute Gasteiger partial charge is 0.466 e. The molecule has 0 fully saturated rings. The Morgan fingerprint density at radius 1 is 1.53 bits per heavy atom. The van der Waals surface area contributed by atoms with Crippen LogP contribution >= 0.6 is 11.3 Å². The molecular formula is C12H15N3O3S. The maximum atomic E-state index is 11.3. The predicted octanol–water partition coefficient (Wildman–Crippen LogP) is 2.16. The number of carbonyl (C=O) groups excluding carboxylic acids is 1. The molecule has 0 atom stereocenters. The Labute approximate surface area is 114 Å². The molecule has 0 aliphatic heterocycles. The molecule has 7 heteroatoms. The lowest BCUT2D eigenvalue weighted by molar-refractivity contribution is -0.142. The highest BCUT2D eigenvalue weighted by Gasteiger charge is 2.08. The third kappa shape index (κ3) is 4.06. The number of nitrogens with zero attached hydrogens (tertiary/aromatic N) is 2. The zero-order valence-electron chi connectivity index (χ0n) is 10.8. The minimum Gasteiger partial charge on any atom is -0.466 e. The van der Waals surface area contributed by atoms with E-state index in [9.17, 15) is 4.79 Å². The second-order valence-corrected chi connectivity index (χ2v) is 4.77. The molecule has 2 aromatic heterocycles. The lowest BCUT2D eigenvalue weighted by Gasteiger charge is -1.99. The van der Waals surface area contributed by atoms with Gasteiger partial charge in [0.05, 0.1) is 25.3 Å². The van der Waals surface area contributed by atoms with Crippen LogP contribution in [0.4, 0.5) is 5.13 Å². The molecule has 2 aromatic rings. The van der Waals surface area contributed by atoms with Crippen molar-refractivity contribution in [2.45, 2.75) is 26.8 Å². The molecule has 0 aliphatic carbocycles. The SMILES string of the molecule is CCOC(=O)Cc1csc(NCc2cc(C)on2)n1. The van der Waals surface area contributed by atoms with Gasteiger partial charge in [0.2, 0.25) is 0 Å². The molecule has 1 N–H and O–H groups in total. The topological polar surface area (TPSA) is 77.2 Å². The van der Waals surface area contributed by atoms with Crippen molar-refractivity contribution in [2.75, 3.05) is 11.9 Å². The van der Waals surface area contributed by atoms with Crippen LogP contribution in [-0.4, -0.2) is 22.7 Å². The van der Waals surface area contributed by atoms with Crippen LogP contribution in [0.5, 0.6) is 0 Å². The van der Waals surface area contributed by atoms with Crippen molar-refractivity contribution in [3.8, 4) is 0 Å². The van der Waals surface area contributed by atoms with Crippen LogP contribution in [0, 0.1) is 6.92 Å². The molecule has 0 saturated carbocycles. The van der Waals surface area contributed by atoms with Gasteiger partial charge in [-0.05, 0) is 13.8 Å². The molecule has 0 spiro atoms. The van der Waals surface area contributed by atoms with E-state index in [1.54, 1.807) is 6.92 Å². The number of ether oxygens (including phenoxy) is 1. The summed E-state index contributed by atoms with van der Waals surface area (Å²) < 4.78 is 9.84. The molecule has 0 saturated heterocycles. The minimum absolute atomic E-state index is 0.203. The van der Waals surface area contributed by atoms with Crippen molar-refractivity contribution in [1.29, 1.82) is 0 Å². The molecule has 0 aliphatic rings. The molecule has 102 valence electrons. The van der Waals surface area contributed by atoms with Gasteiger partial charge in [-0.1, -0.05) is 5.16 Å². The van der Waals surface area contributed by atoms with E-state index >= 15 is 0 Å². The highest BCUT2D eigenvalue weighted by Crippen LogP contribution is 2.17. The summed E-state index contributed by atoms with van der Waals surface area (Å²) in [6.07, 6.45) is 0.203. The van der Waals surface area contributed by atoms with Gasteiger partial charge in [-0.15, -0.1) is 11.3 Å². The zero-order chi connectivity index (χ0) is 13.7. The Hall–Kier alpha value is -1.89. The molecule has 0 unspecified atom stereocenters. The van der Waals surface area contributed by atoms with Crippen LogP contribution in [0.25, 0.3) is 0 Å². The Kier molecular flexibility index (Phi) is 4.51. The first-order chi connectivity index (χ1) is 9.17. The maximum absolute atomic E-state index is 11.3. The summed E-state index contributed by atoms with van der Waals surface area (Å²) in [6.45, 7) is 4.56. The van der Waals surface area contributed by atoms with Crippen molar-refractivity contribution >= 4 is 22.4 Å². The van der Waals surface area contributed by atoms with Gasteiger partial charge in [-0.3, -0.25) is 4.79 Å². The Morgan fingerprint density at radius 2 is 2.37 bits per heavy atom. The van der Waals surface area contributed by atoms with Crippen molar-refractivity contribution < 1.29 is 14.1 Å². The molecule has 0 bridgehead atoms. The molecule has 0 radical (unpaired) electrons. The van der Waals surface area contributed by atoms with Crippen LogP contribution in [0.3, 0.4) is 0 Å². The number of esters is 1. The van der Waals surface area contributed by atoms with Crippen molar-refractivity contribution in [3.05, 3.63) is 28.6 Å². The first-order valence-electron chi connectivity index (χ1n) is 5.93. The fourth-order valence-electron chi connectivity index (χ4n) is 1.50. The summed E-state index contributed by atoms with van der Waals surface area (Å²) in [5.41, 5.74) is 1.53. The summed E-state index contributed by atoms with van der Waals surface area (Å²) in [5.74, 6) is 0.519. The lowest BCUT2D eigenvalue weighted by atomic mass is 10.3. The zero-order valence-corrected chi connectivity index (χ0v) is 11.6. The maximum Gasteiger partial charge on any atom is 0.311 e. The van der Waals surface area contributed by atoms with E-state index < -0.39 is 0 Å². The molecule has 6 nitrogen and oxygen atoms in total. The minimum atomic E-state index is -0.258. The standard InChI is InChI=1S/C12H15N3O3S/c1-3-17-11(16)5-10-7-19-12(14-10)13-6-9-4-8(2)18-15-9/h4,7H,3,5-6H2,1-2H3,(H,13,14). The van der Waals surface area contributed by atoms with E-state index in [4.69, 9.17) is 9.26 Å². The monoisotopic (exact) mass is 281 g/mol. The van der Waals surface area contributed by atoms with E-state index in [1.807, 2.05) is 18.4 Å². The summed E-state index contributed by atoms with van der Waals surface area (Å²) >= 11 is 1.45.